The molecule has 0 spiro atoms. The molecule has 3 aromatic rings. The van der Waals surface area contributed by atoms with Gasteiger partial charge >= 0.3 is 0 Å². The summed E-state index contributed by atoms with van der Waals surface area (Å²) in [7, 11) is 0. The topological polar surface area (TPSA) is 51.4 Å². The molecule has 2 aromatic heterocycles. The minimum Gasteiger partial charge on any atom is -0.490 e. The number of hydrogen-bond acceptors (Lipinski definition) is 5. The number of nitrogens with one attached hydrogen (secondary N) is 1. The van der Waals surface area contributed by atoms with Gasteiger partial charge in [-0.3, -0.25) is 0 Å². The maximum Gasteiger partial charge on any atom is 0.218 e. The molecule has 2 heterocycles. The van der Waals surface area contributed by atoms with Gasteiger partial charge in [0.25, 0.3) is 0 Å². The smallest absolute Gasteiger partial charge is 0.218 e. The first-order valence-corrected chi connectivity index (χ1v) is 10.00. The van der Waals surface area contributed by atoms with Crippen LogP contribution in [-0.4, -0.2) is 28.7 Å². The molecule has 0 saturated heterocycles. The highest BCUT2D eigenvalue weighted by Gasteiger charge is 2.13. The van der Waals surface area contributed by atoms with Gasteiger partial charge in [0.05, 0.1) is 17.3 Å². The highest BCUT2D eigenvalue weighted by Crippen LogP contribution is 2.32. The lowest BCUT2D eigenvalue weighted by atomic mass is 10.1. The third-order valence-corrected chi connectivity index (χ3v) is 4.66. The summed E-state index contributed by atoms with van der Waals surface area (Å²) < 4.78 is 6.05. The third kappa shape index (κ3) is 4.75. The van der Waals surface area contributed by atoms with E-state index in [-0.39, 0.29) is 6.10 Å². The molecule has 0 unspecified atom stereocenters. The molecule has 0 fully saturated rings. The number of nitrogens with zero attached hydrogens (tertiary/aromatic N) is 3. The lowest BCUT2D eigenvalue weighted by Crippen LogP contribution is -2.09. The van der Waals surface area contributed by atoms with Gasteiger partial charge in [-0.05, 0) is 45.4 Å². The normalized spacial score (nSPS) is 11.1. The lowest BCUT2D eigenvalue weighted by molar-refractivity contribution is 0.245. The molecule has 1 N–H and O–H groups in total. The Kier molecular flexibility index (Phi) is 5.92. The molecule has 5 nitrogen and oxygen atoms in total. The molecule has 0 aliphatic carbocycles. The number of benzene rings is 1. The van der Waals surface area contributed by atoms with Gasteiger partial charge in [0.1, 0.15) is 11.4 Å². The Hall–Kier alpha value is -2.65. The van der Waals surface area contributed by atoms with E-state index in [1.54, 1.807) is 11.3 Å². The number of aromatic nitrogens is 2. The highest BCUT2D eigenvalue weighted by atomic mass is 32.1. The Bertz CT molecular complexity index is 972. The van der Waals surface area contributed by atoms with Crippen LogP contribution >= 0.6 is 11.3 Å². The predicted molar refractivity (Wildman–Crippen MR) is 113 cm³/mol. The van der Waals surface area contributed by atoms with E-state index >= 15 is 0 Å². The second-order valence-corrected chi connectivity index (χ2v) is 7.85. The summed E-state index contributed by atoms with van der Waals surface area (Å²) in [6.07, 6.45) is 0.795. The number of anilines is 1. The van der Waals surface area contributed by atoms with Gasteiger partial charge in [0.15, 0.2) is 5.13 Å². The second-order valence-electron chi connectivity index (χ2n) is 6.99. The van der Waals surface area contributed by atoms with E-state index in [0.717, 1.165) is 45.2 Å². The molecular weight excluding hydrogens is 356 g/mol. The number of ether oxygens (including phenoxy) is 1. The molecule has 0 saturated carbocycles. The minimum absolute atomic E-state index is 0.0684. The number of thiazole rings is 1. The largest absolute Gasteiger partial charge is 0.490 e. The number of pyridine rings is 1. The minimum atomic E-state index is 0.0684. The van der Waals surface area contributed by atoms with Gasteiger partial charge in [-0.25, -0.2) is 16.5 Å². The van der Waals surface area contributed by atoms with E-state index in [1.165, 1.54) is 0 Å². The Morgan fingerprint density at radius 3 is 2.67 bits per heavy atom. The Morgan fingerprint density at radius 2 is 1.96 bits per heavy atom. The van der Waals surface area contributed by atoms with Gasteiger partial charge in [-0.2, -0.15) is 0 Å². The standard InChI is InChI=1S/C21H24N4OS/c1-13(2)23-21-25-19(12-27-21)18-11-20(26-14(3)4)16-7-6-15(8-9-22-5)10-17(16)24-18/h6-7,10-14H,8-9H2,1-4H3,(H,23,25). The van der Waals surface area contributed by atoms with Crippen molar-refractivity contribution in [3.05, 3.63) is 46.6 Å². The van der Waals surface area contributed by atoms with Crippen molar-refractivity contribution in [2.24, 2.45) is 0 Å². The van der Waals surface area contributed by atoms with E-state index in [4.69, 9.17) is 16.3 Å². The van der Waals surface area contributed by atoms with Crippen molar-refractivity contribution in [3.8, 4) is 17.1 Å². The molecule has 140 valence electrons. The summed E-state index contributed by atoms with van der Waals surface area (Å²) in [5, 5.41) is 7.22. The van der Waals surface area contributed by atoms with Crippen molar-refractivity contribution < 1.29 is 4.74 Å². The Labute approximate surface area is 164 Å². The summed E-state index contributed by atoms with van der Waals surface area (Å²) >= 11 is 1.58. The predicted octanol–water partition coefficient (Wildman–Crippen LogP) is 5.43. The summed E-state index contributed by atoms with van der Waals surface area (Å²) in [5.74, 6) is 0.813. The van der Waals surface area contributed by atoms with Crippen molar-refractivity contribution in [2.45, 2.75) is 46.3 Å². The summed E-state index contributed by atoms with van der Waals surface area (Å²) in [6.45, 7) is 15.7. The van der Waals surface area contributed by atoms with Gasteiger partial charge in [-0.1, -0.05) is 6.07 Å². The van der Waals surface area contributed by atoms with Crippen LogP contribution in [0.2, 0.25) is 0 Å². The Morgan fingerprint density at radius 1 is 1.15 bits per heavy atom. The van der Waals surface area contributed by atoms with Crippen LogP contribution in [0.4, 0.5) is 5.13 Å². The molecule has 0 aliphatic heterocycles. The maximum atomic E-state index is 7.00. The molecule has 0 aliphatic rings. The van der Waals surface area contributed by atoms with Gasteiger partial charge in [0.2, 0.25) is 6.54 Å². The van der Waals surface area contributed by atoms with Crippen LogP contribution in [-0.2, 0) is 6.42 Å². The molecule has 0 atom stereocenters. The van der Waals surface area contributed by atoms with Crippen LogP contribution in [0.1, 0.15) is 33.3 Å². The van der Waals surface area contributed by atoms with E-state index in [9.17, 15) is 0 Å². The van der Waals surface area contributed by atoms with Crippen LogP contribution in [0.25, 0.3) is 27.1 Å². The van der Waals surface area contributed by atoms with Gasteiger partial charge in [0, 0.05) is 29.3 Å². The molecule has 0 amide bonds. The molecule has 0 bridgehead atoms. The average molecular weight is 381 g/mol. The number of fused-ring (bicyclic) bond motifs is 1. The zero-order valence-corrected chi connectivity index (χ0v) is 16.9. The monoisotopic (exact) mass is 380 g/mol. The molecule has 1 aromatic carbocycles. The van der Waals surface area contributed by atoms with Crippen molar-refractivity contribution >= 4 is 27.4 Å². The fraction of sp³-hybridized carbons (Fsp3) is 0.381. The number of hydrogen-bond donors (Lipinski definition) is 1. The second kappa shape index (κ2) is 8.36. The van der Waals surface area contributed by atoms with Gasteiger partial charge in [-0.15, -0.1) is 11.3 Å². The summed E-state index contributed by atoms with van der Waals surface area (Å²) in [4.78, 5) is 13.0. The number of rotatable bonds is 7. The SMILES string of the molecule is [C-]#[N+]CCc1ccc2c(OC(C)C)cc(-c3csc(NC(C)C)n3)nc2c1. The van der Waals surface area contributed by atoms with E-state index < -0.39 is 0 Å². The quantitative estimate of drug-likeness (QED) is 0.556. The van der Waals surface area contributed by atoms with Crippen LogP contribution in [0.15, 0.2) is 29.6 Å². The lowest BCUT2D eigenvalue weighted by Gasteiger charge is -2.14. The zero-order chi connectivity index (χ0) is 19.4. The third-order valence-electron chi connectivity index (χ3n) is 3.89. The van der Waals surface area contributed by atoms with E-state index in [1.807, 2.05) is 31.4 Å². The van der Waals surface area contributed by atoms with Crippen LogP contribution in [0.5, 0.6) is 5.75 Å². The first-order valence-electron chi connectivity index (χ1n) is 9.12. The first kappa shape index (κ1) is 19.1. The van der Waals surface area contributed by atoms with Gasteiger partial charge < -0.3 is 14.9 Å². The van der Waals surface area contributed by atoms with Crippen molar-refractivity contribution in [1.29, 1.82) is 0 Å². The van der Waals surface area contributed by atoms with Crippen molar-refractivity contribution in [2.75, 3.05) is 11.9 Å². The summed E-state index contributed by atoms with van der Waals surface area (Å²) in [6, 6.07) is 8.44. The molecular formula is C21H24N4OS. The fourth-order valence-corrected chi connectivity index (χ4v) is 3.62. The Balaban J connectivity index is 2.06. The highest BCUT2D eigenvalue weighted by molar-refractivity contribution is 7.14. The molecule has 0 radical (unpaired) electrons. The van der Waals surface area contributed by atoms with Crippen molar-refractivity contribution in [1.82, 2.24) is 9.97 Å². The van der Waals surface area contributed by atoms with Crippen LogP contribution in [0.3, 0.4) is 0 Å². The van der Waals surface area contributed by atoms with Crippen molar-refractivity contribution in [3.63, 3.8) is 0 Å². The first-order chi connectivity index (χ1) is 13.0. The maximum absolute atomic E-state index is 7.00. The van der Waals surface area contributed by atoms with E-state index in [2.05, 4.69) is 41.1 Å². The summed E-state index contributed by atoms with van der Waals surface area (Å²) in [5.41, 5.74) is 3.62. The van der Waals surface area contributed by atoms with Crippen LogP contribution in [0, 0.1) is 6.57 Å². The van der Waals surface area contributed by atoms with Crippen LogP contribution < -0.4 is 10.1 Å². The fourth-order valence-electron chi connectivity index (χ4n) is 2.77. The average Bonchev–Trinajstić information content (AvgIpc) is 3.06. The molecule has 6 heteroatoms. The molecule has 3 rings (SSSR count). The molecule has 27 heavy (non-hydrogen) atoms. The zero-order valence-electron chi connectivity index (χ0n) is 16.1. The van der Waals surface area contributed by atoms with E-state index in [0.29, 0.717) is 12.6 Å².